The molecule has 3 nitrogen and oxygen atoms in total. The zero-order valence-electron chi connectivity index (χ0n) is 9.20. The topological polar surface area (TPSA) is 33.5 Å². The summed E-state index contributed by atoms with van der Waals surface area (Å²) in [6.07, 6.45) is 2.43. The number of nitrogens with zero attached hydrogens (tertiary/aromatic N) is 1. The van der Waals surface area contributed by atoms with E-state index in [1.807, 2.05) is 13.8 Å². The van der Waals surface area contributed by atoms with Crippen LogP contribution < -0.4 is 0 Å². The fourth-order valence-corrected chi connectivity index (χ4v) is 1.08. The molecule has 0 aromatic carbocycles. The van der Waals surface area contributed by atoms with Crippen LogP contribution in [0.4, 0.5) is 0 Å². The van der Waals surface area contributed by atoms with Gasteiger partial charge in [-0.15, -0.1) is 0 Å². The van der Waals surface area contributed by atoms with Crippen molar-refractivity contribution in [2.24, 2.45) is 0 Å². The molecule has 1 aromatic heterocycles. The van der Waals surface area contributed by atoms with Gasteiger partial charge in [-0.1, -0.05) is 6.92 Å². The molecule has 0 N–H and O–H groups in total. The number of carbonyl (C=O) groups excluding carboxylic acids is 1. The number of rotatable bonds is 3. The molecule has 0 bridgehead atoms. The molecule has 0 aliphatic heterocycles. The molecular weight excluding hydrogens is 178 g/mol. The first-order valence-corrected chi connectivity index (χ1v) is 4.80. The van der Waals surface area contributed by atoms with Gasteiger partial charge >= 0.3 is 0 Å². The smallest absolute Gasteiger partial charge is 0.289 e. The molecule has 0 aliphatic rings. The molecule has 1 amide bonds. The lowest BCUT2D eigenvalue weighted by molar-refractivity contribution is 0.0587. The highest BCUT2D eigenvalue weighted by Gasteiger charge is 2.27. The van der Waals surface area contributed by atoms with E-state index in [-0.39, 0.29) is 11.4 Å². The van der Waals surface area contributed by atoms with Crippen molar-refractivity contribution in [1.29, 1.82) is 0 Å². The molecule has 14 heavy (non-hydrogen) atoms. The van der Waals surface area contributed by atoms with Gasteiger partial charge in [0.15, 0.2) is 5.76 Å². The predicted octanol–water partition coefficient (Wildman–Crippen LogP) is 2.54. The van der Waals surface area contributed by atoms with Crippen molar-refractivity contribution in [2.75, 3.05) is 7.05 Å². The minimum absolute atomic E-state index is 0.0677. The fourth-order valence-electron chi connectivity index (χ4n) is 1.08. The summed E-state index contributed by atoms with van der Waals surface area (Å²) in [6.45, 7) is 6.13. The lowest BCUT2D eigenvalue weighted by Gasteiger charge is -2.34. The van der Waals surface area contributed by atoms with Gasteiger partial charge in [-0.05, 0) is 32.4 Å². The summed E-state index contributed by atoms with van der Waals surface area (Å²) in [6, 6.07) is 3.41. The van der Waals surface area contributed by atoms with Gasteiger partial charge in [0.05, 0.1) is 6.26 Å². The van der Waals surface area contributed by atoms with Crippen molar-refractivity contribution < 1.29 is 9.21 Å². The van der Waals surface area contributed by atoms with E-state index in [1.165, 1.54) is 6.26 Å². The normalized spacial score (nSPS) is 11.4. The third-order valence-corrected chi connectivity index (χ3v) is 2.81. The van der Waals surface area contributed by atoms with E-state index in [1.54, 1.807) is 24.1 Å². The van der Waals surface area contributed by atoms with E-state index in [4.69, 9.17) is 4.42 Å². The molecule has 1 heterocycles. The second-order valence-corrected chi connectivity index (χ2v) is 4.01. The molecule has 1 aromatic rings. The quantitative estimate of drug-likeness (QED) is 0.742. The van der Waals surface area contributed by atoms with Gasteiger partial charge in [-0.25, -0.2) is 0 Å². The maximum absolute atomic E-state index is 11.8. The fraction of sp³-hybridized carbons (Fsp3) is 0.545. The Bertz CT molecular complexity index is 301. The largest absolute Gasteiger partial charge is 0.459 e. The molecule has 0 unspecified atom stereocenters. The maximum atomic E-state index is 11.8. The third-order valence-electron chi connectivity index (χ3n) is 2.81. The molecule has 0 atom stereocenters. The first-order chi connectivity index (χ1) is 6.49. The van der Waals surface area contributed by atoms with Crippen molar-refractivity contribution in [1.82, 2.24) is 4.90 Å². The van der Waals surface area contributed by atoms with Crippen LogP contribution in [0.3, 0.4) is 0 Å². The van der Waals surface area contributed by atoms with Gasteiger partial charge in [0, 0.05) is 12.6 Å². The van der Waals surface area contributed by atoms with Crippen LogP contribution in [0.5, 0.6) is 0 Å². The molecule has 0 saturated carbocycles. The van der Waals surface area contributed by atoms with Gasteiger partial charge in [0.2, 0.25) is 0 Å². The molecule has 0 spiro atoms. The van der Waals surface area contributed by atoms with Crippen molar-refractivity contribution in [3.8, 4) is 0 Å². The van der Waals surface area contributed by atoms with Crippen LogP contribution in [0.1, 0.15) is 37.7 Å². The van der Waals surface area contributed by atoms with Crippen LogP contribution in [0.25, 0.3) is 0 Å². The Morgan fingerprint density at radius 1 is 1.57 bits per heavy atom. The van der Waals surface area contributed by atoms with E-state index in [0.717, 1.165) is 6.42 Å². The Kier molecular flexibility index (Phi) is 2.99. The van der Waals surface area contributed by atoms with Crippen LogP contribution in [-0.2, 0) is 0 Å². The average Bonchev–Trinajstić information content (AvgIpc) is 2.68. The lowest BCUT2D eigenvalue weighted by atomic mass is 10.00. The SMILES string of the molecule is CCC(C)(C)N(C)C(=O)c1ccco1. The summed E-state index contributed by atoms with van der Waals surface area (Å²) < 4.78 is 5.06. The zero-order chi connectivity index (χ0) is 10.8. The van der Waals surface area contributed by atoms with Crippen LogP contribution in [0, 0.1) is 0 Å². The van der Waals surface area contributed by atoms with E-state index in [0.29, 0.717) is 5.76 Å². The molecule has 0 radical (unpaired) electrons. The Balaban J connectivity index is 2.81. The van der Waals surface area contributed by atoms with Crippen molar-refractivity contribution in [3.05, 3.63) is 24.2 Å². The monoisotopic (exact) mass is 195 g/mol. The van der Waals surface area contributed by atoms with Crippen LogP contribution in [0.15, 0.2) is 22.8 Å². The summed E-state index contributed by atoms with van der Waals surface area (Å²) >= 11 is 0. The van der Waals surface area contributed by atoms with Crippen molar-refractivity contribution in [3.63, 3.8) is 0 Å². The third kappa shape index (κ3) is 1.97. The highest BCUT2D eigenvalue weighted by molar-refractivity contribution is 5.91. The number of amides is 1. The molecule has 0 fully saturated rings. The average molecular weight is 195 g/mol. The Labute approximate surface area is 84.7 Å². The first kappa shape index (κ1) is 10.8. The molecule has 1 rings (SSSR count). The summed E-state index contributed by atoms with van der Waals surface area (Å²) in [4.78, 5) is 13.6. The Hall–Kier alpha value is -1.25. The maximum Gasteiger partial charge on any atom is 0.289 e. The highest BCUT2D eigenvalue weighted by Crippen LogP contribution is 2.19. The van der Waals surface area contributed by atoms with Crippen LogP contribution in [-0.4, -0.2) is 23.4 Å². The van der Waals surface area contributed by atoms with Crippen LogP contribution >= 0.6 is 0 Å². The Morgan fingerprint density at radius 3 is 2.64 bits per heavy atom. The standard InChI is InChI=1S/C11H17NO2/c1-5-11(2,3)12(4)10(13)9-7-6-8-14-9/h6-8H,5H2,1-4H3. The minimum atomic E-state index is -0.135. The number of carbonyl (C=O) groups is 1. The number of furan rings is 1. The van der Waals surface area contributed by atoms with Gasteiger partial charge in [-0.2, -0.15) is 0 Å². The first-order valence-electron chi connectivity index (χ1n) is 4.80. The van der Waals surface area contributed by atoms with Gasteiger partial charge in [-0.3, -0.25) is 4.79 Å². The van der Waals surface area contributed by atoms with Gasteiger partial charge < -0.3 is 9.32 Å². The van der Waals surface area contributed by atoms with E-state index in [2.05, 4.69) is 6.92 Å². The van der Waals surface area contributed by atoms with Gasteiger partial charge in [0.25, 0.3) is 5.91 Å². The minimum Gasteiger partial charge on any atom is -0.459 e. The second kappa shape index (κ2) is 3.86. The molecule has 78 valence electrons. The number of hydrogen-bond acceptors (Lipinski definition) is 2. The van der Waals surface area contributed by atoms with E-state index >= 15 is 0 Å². The second-order valence-electron chi connectivity index (χ2n) is 4.01. The molecular formula is C11H17NO2. The van der Waals surface area contributed by atoms with Crippen molar-refractivity contribution >= 4 is 5.91 Å². The summed E-state index contributed by atoms with van der Waals surface area (Å²) in [5, 5.41) is 0. The number of hydrogen-bond donors (Lipinski definition) is 0. The Morgan fingerprint density at radius 2 is 2.21 bits per heavy atom. The van der Waals surface area contributed by atoms with E-state index in [9.17, 15) is 4.79 Å². The van der Waals surface area contributed by atoms with Crippen molar-refractivity contribution in [2.45, 2.75) is 32.7 Å². The summed E-state index contributed by atoms with van der Waals surface area (Å²) in [7, 11) is 1.80. The highest BCUT2D eigenvalue weighted by atomic mass is 16.3. The summed E-state index contributed by atoms with van der Waals surface area (Å²) in [5.41, 5.74) is -0.135. The van der Waals surface area contributed by atoms with E-state index < -0.39 is 0 Å². The molecule has 3 heteroatoms. The van der Waals surface area contributed by atoms with Gasteiger partial charge in [0.1, 0.15) is 0 Å². The lowest BCUT2D eigenvalue weighted by Crippen LogP contribution is -2.44. The zero-order valence-corrected chi connectivity index (χ0v) is 9.20. The van der Waals surface area contributed by atoms with Crippen LogP contribution in [0.2, 0.25) is 0 Å². The molecule has 0 saturated heterocycles. The summed E-state index contributed by atoms with van der Waals surface area (Å²) in [5.74, 6) is 0.330. The molecule has 0 aliphatic carbocycles. The predicted molar refractivity (Wildman–Crippen MR) is 55.2 cm³/mol.